The number of aryl methyl sites for hydroxylation is 1. The van der Waals surface area contributed by atoms with E-state index in [-0.39, 0.29) is 5.56 Å². The topological polar surface area (TPSA) is 57.5 Å². The number of rotatable bonds is 1. The molecule has 0 spiro atoms. The Labute approximate surface area is 82.8 Å². The molecule has 0 heterocycles. The standard InChI is InChI=1S/C9H7F3O3/c1-4-2-5(8(14)15)7(13)3-6(4)9(10,11)12/h2-3,13H,1H3,(H,14,15). The largest absolute Gasteiger partial charge is 0.507 e. The lowest BCUT2D eigenvalue weighted by Gasteiger charge is -2.11. The van der Waals surface area contributed by atoms with E-state index in [1.165, 1.54) is 0 Å². The summed E-state index contributed by atoms with van der Waals surface area (Å²) in [5, 5.41) is 17.6. The molecule has 3 nitrogen and oxygen atoms in total. The van der Waals surface area contributed by atoms with Crippen LogP contribution in [0.25, 0.3) is 0 Å². The maximum Gasteiger partial charge on any atom is 0.416 e. The zero-order valence-electron chi connectivity index (χ0n) is 7.59. The highest BCUT2D eigenvalue weighted by atomic mass is 19.4. The average molecular weight is 220 g/mol. The molecule has 0 unspecified atom stereocenters. The van der Waals surface area contributed by atoms with Gasteiger partial charge in [0, 0.05) is 0 Å². The molecule has 0 aliphatic carbocycles. The third-order valence-corrected chi connectivity index (χ3v) is 1.88. The summed E-state index contributed by atoms with van der Waals surface area (Å²) in [7, 11) is 0. The molecule has 0 fully saturated rings. The number of aromatic carboxylic acids is 1. The number of hydrogen-bond donors (Lipinski definition) is 2. The molecule has 0 radical (unpaired) electrons. The predicted octanol–water partition coefficient (Wildman–Crippen LogP) is 2.42. The third-order valence-electron chi connectivity index (χ3n) is 1.88. The molecule has 0 aliphatic rings. The van der Waals surface area contributed by atoms with Crippen molar-refractivity contribution in [3.63, 3.8) is 0 Å². The number of carboxylic acids is 1. The fourth-order valence-electron chi connectivity index (χ4n) is 1.17. The van der Waals surface area contributed by atoms with E-state index in [4.69, 9.17) is 10.2 Å². The fourth-order valence-corrected chi connectivity index (χ4v) is 1.17. The quantitative estimate of drug-likeness (QED) is 0.764. The van der Waals surface area contributed by atoms with Crippen LogP contribution in [0.5, 0.6) is 5.75 Å². The van der Waals surface area contributed by atoms with Crippen molar-refractivity contribution in [3.8, 4) is 5.75 Å². The summed E-state index contributed by atoms with van der Waals surface area (Å²) in [5.41, 5.74) is -1.82. The van der Waals surface area contributed by atoms with Crippen molar-refractivity contribution in [2.45, 2.75) is 13.1 Å². The highest BCUT2D eigenvalue weighted by molar-refractivity contribution is 5.91. The molecule has 2 N–H and O–H groups in total. The number of hydrogen-bond acceptors (Lipinski definition) is 2. The highest BCUT2D eigenvalue weighted by Gasteiger charge is 2.33. The van der Waals surface area contributed by atoms with Crippen molar-refractivity contribution in [2.75, 3.05) is 0 Å². The number of halogens is 3. The molecule has 0 bridgehead atoms. The molecule has 0 atom stereocenters. The van der Waals surface area contributed by atoms with Crippen molar-refractivity contribution in [1.82, 2.24) is 0 Å². The Balaban J connectivity index is 3.39. The first-order valence-electron chi connectivity index (χ1n) is 3.87. The van der Waals surface area contributed by atoms with E-state index in [0.29, 0.717) is 6.07 Å². The molecular formula is C9H7F3O3. The summed E-state index contributed by atoms with van der Waals surface area (Å²) in [6, 6.07) is 1.21. The minimum absolute atomic E-state index is 0.238. The first-order valence-corrected chi connectivity index (χ1v) is 3.87. The van der Waals surface area contributed by atoms with E-state index in [2.05, 4.69) is 0 Å². The van der Waals surface area contributed by atoms with Gasteiger partial charge in [-0.05, 0) is 24.6 Å². The van der Waals surface area contributed by atoms with Crippen LogP contribution in [0, 0.1) is 6.92 Å². The Bertz CT molecular complexity index is 410. The van der Waals surface area contributed by atoms with Crippen LogP contribution in [0.15, 0.2) is 12.1 Å². The monoisotopic (exact) mass is 220 g/mol. The van der Waals surface area contributed by atoms with E-state index in [9.17, 15) is 18.0 Å². The SMILES string of the molecule is Cc1cc(C(=O)O)c(O)cc1C(F)(F)F. The molecule has 1 rings (SSSR count). The van der Waals surface area contributed by atoms with Gasteiger partial charge < -0.3 is 10.2 Å². The Kier molecular flexibility index (Phi) is 2.61. The van der Waals surface area contributed by atoms with Gasteiger partial charge >= 0.3 is 12.1 Å². The average Bonchev–Trinajstić information content (AvgIpc) is 2.06. The minimum atomic E-state index is -4.60. The third kappa shape index (κ3) is 2.20. The predicted molar refractivity (Wildman–Crippen MR) is 44.8 cm³/mol. The van der Waals surface area contributed by atoms with Crippen molar-refractivity contribution >= 4 is 5.97 Å². The van der Waals surface area contributed by atoms with Crippen LogP contribution in [0.1, 0.15) is 21.5 Å². The minimum Gasteiger partial charge on any atom is -0.507 e. The molecule has 82 valence electrons. The lowest BCUT2D eigenvalue weighted by molar-refractivity contribution is -0.138. The van der Waals surface area contributed by atoms with E-state index >= 15 is 0 Å². The van der Waals surface area contributed by atoms with Gasteiger partial charge in [-0.2, -0.15) is 13.2 Å². The summed E-state index contributed by atoms with van der Waals surface area (Å²) in [5.74, 6) is -2.36. The summed E-state index contributed by atoms with van der Waals surface area (Å²) < 4.78 is 36.9. The number of phenols is 1. The van der Waals surface area contributed by atoms with Gasteiger partial charge in [0.15, 0.2) is 0 Å². The van der Waals surface area contributed by atoms with Crippen LogP contribution < -0.4 is 0 Å². The van der Waals surface area contributed by atoms with Crippen molar-refractivity contribution in [1.29, 1.82) is 0 Å². The molecule has 0 aromatic heterocycles. The second kappa shape index (κ2) is 3.45. The summed E-state index contributed by atoms with van der Waals surface area (Å²) >= 11 is 0. The summed E-state index contributed by atoms with van der Waals surface area (Å²) in [6.45, 7) is 1.13. The van der Waals surface area contributed by atoms with Crippen molar-refractivity contribution in [2.24, 2.45) is 0 Å². The fraction of sp³-hybridized carbons (Fsp3) is 0.222. The van der Waals surface area contributed by atoms with E-state index in [1.54, 1.807) is 0 Å². The number of carbonyl (C=O) groups is 1. The number of alkyl halides is 3. The molecule has 0 aliphatic heterocycles. The first-order chi connectivity index (χ1) is 6.73. The molecule has 0 saturated heterocycles. The molecule has 0 amide bonds. The van der Waals surface area contributed by atoms with Gasteiger partial charge in [-0.25, -0.2) is 4.79 Å². The Hall–Kier alpha value is -1.72. The van der Waals surface area contributed by atoms with Crippen LogP contribution in [-0.2, 0) is 6.18 Å². The molecule has 0 saturated carbocycles. The number of benzene rings is 1. The van der Waals surface area contributed by atoms with Gasteiger partial charge in [-0.1, -0.05) is 0 Å². The van der Waals surface area contributed by atoms with E-state index in [0.717, 1.165) is 13.0 Å². The van der Waals surface area contributed by atoms with Gasteiger partial charge in [-0.15, -0.1) is 0 Å². The van der Waals surface area contributed by atoms with Gasteiger partial charge in [0.05, 0.1) is 5.56 Å². The van der Waals surface area contributed by atoms with Crippen LogP contribution >= 0.6 is 0 Å². The van der Waals surface area contributed by atoms with Crippen LogP contribution in [-0.4, -0.2) is 16.2 Å². The maximum absolute atomic E-state index is 12.3. The van der Waals surface area contributed by atoms with Crippen molar-refractivity contribution < 1.29 is 28.2 Å². The molecule has 1 aromatic carbocycles. The maximum atomic E-state index is 12.3. The van der Waals surface area contributed by atoms with Crippen molar-refractivity contribution in [3.05, 3.63) is 28.8 Å². The van der Waals surface area contributed by atoms with Crippen LogP contribution in [0.3, 0.4) is 0 Å². The van der Waals surface area contributed by atoms with Crippen LogP contribution in [0.2, 0.25) is 0 Å². The number of carboxylic acid groups (broad SMARTS) is 1. The zero-order valence-corrected chi connectivity index (χ0v) is 7.59. The van der Waals surface area contributed by atoms with Gasteiger partial charge in [0.25, 0.3) is 0 Å². The number of aromatic hydroxyl groups is 1. The van der Waals surface area contributed by atoms with E-state index in [1.807, 2.05) is 0 Å². The molecule has 6 heteroatoms. The smallest absolute Gasteiger partial charge is 0.416 e. The first kappa shape index (κ1) is 11.4. The summed E-state index contributed by atoms with van der Waals surface area (Å²) in [6.07, 6.45) is -4.60. The Morgan fingerprint density at radius 1 is 1.33 bits per heavy atom. The molecule has 15 heavy (non-hydrogen) atoms. The van der Waals surface area contributed by atoms with Gasteiger partial charge in [-0.3, -0.25) is 0 Å². The second-order valence-electron chi connectivity index (χ2n) is 2.99. The lowest BCUT2D eigenvalue weighted by Crippen LogP contribution is -2.09. The summed E-state index contributed by atoms with van der Waals surface area (Å²) in [4.78, 5) is 10.5. The Morgan fingerprint density at radius 2 is 1.87 bits per heavy atom. The van der Waals surface area contributed by atoms with Gasteiger partial charge in [0.2, 0.25) is 0 Å². The zero-order chi connectivity index (χ0) is 11.8. The second-order valence-corrected chi connectivity index (χ2v) is 2.99. The van der Waals surface area contributed by atoms with Gasteiger partial charge in [0.1, 0.15) is 11.3 Å². The molecule has 1 aromatic rings. The van der Waals surface area contributed by atoms with Crippen LogP contribution in [0.4, 0.5) is 13.2 Å². The molecular weight excluding hydrogens is 213 g/mol. The highest BCUT2D eigenvalue weighted by Crippen LogP contribution is 2.35. The Morgan fingerprint density at radius 3 is 2.27 bits per heavy atom. The van der Waals surface area contributed by atoms with E-state index < -0.39 is 29.0 Å². The lowest BCUT2D eigenvalue weighted by atomic mass is 10.0. The normalized spacial score (nSPS) is 11.5.